The van der Waals surface area contributed by atoms with Gasteiger partial charge in [-0.1, -0.05) is 29.8 Å². The number of hydrogen-bond donors (Lipinski definition) is 1. The highest BCUT2D eigenvalue weighted by atomic mass is 15.1. The topological polar surface area (TPSA) is 29.3 Å². The molecular weight excluding hydrogens is 196 g/mol. The van der Waals surface area contributed by atoms with Crippen molar-refractivity contribution in [3.63, 3.8) is 0 Å². The van der Waals surface area contributed by atoms with Gasteiger partial charge in [-0.05, 0) is 38.3 Å². The quantitative estimate of drug-likeness (QED) is 0.842. The summed E-state index contributed by atoms with van der Waals surface area (Å²) in [5.74, 6) is 0.686. The van der Waals surface area contributed by atoms with Gasteiger partial charge in [0.2, 0.25) is 0 Å². The van der Waals surface area contributed by atoms with Gasteiger partial charge in [-0.15, -0.1) is 0 Å². The normalized spacial score (nSPS) is 23.6. The van der Waals surface area contributed by atoms with Gasteiger partial charge in [0.1, 0.15) is 0 Å². The Kier molecular flexibility index (Phi) is 3.62. The summed E-state index contributed by atoms with van der Waals surface area (Å²) >= 11 is 0. The second-order valence-electron chi connectivity index (χ2n) is 5.13. The molecule has 0 radical (unpaired) electrons. The van der Waals surface area contributed by atoms with E-state index in [1.807, 2.05) is 0 Å². The number of aryl methyl sites for hydroxylation is 1. The minimum Gasteiger partial charge on any atom is -0.328 e. The highest BCUT2D eigenvalue weighted by Gasteiger charge is 2.24. The molecule has 0 saturated carbocycles. The third-order valence-electron chi connectivity index (χ3n) is 3.58. The van der Waals surface area contributed by atoms with Crippen LogP contribution >= 0.6 is 0 Å². The van der Waals surface area contributed by atoms with Crippen LogP contribution in [0.15, 0.2) is 24.3 Å². The predicted molar refractivity (Wildman–Crippen MR) is 68.2 cm³/mol. The molecule has 2 unspecified atom stereocenters. The van der Waals surface area contributed by atoms with Crippen molar-refractivity contribution in [1.29, 1.82) is 0 Å². The molecule has 2 rings (SSSR count). The predicted octanol–water partition coefficient (Wildman–Crippen LogP) is 2.16. The zero-order chi connectivity index (χ0) is 11.5. The molecule has 1 aliphatic heterocycles. The second-order valence-corrected chi connectivity index (χ2v) is 5.13. The summed E-state index contributed by atoms with van der Waals surface area (Å²) in [5.41, 5.74) is 8.69. The van der Waals surface area contributed by atoms with Crippen LogP contribution in [0.5, 0.6) is 0 Å². The van der Waals surface area contributed by atoms with Crippen LogP contribution in [0.25, 0.3) is 0 Å². The lowest BCUT2D eigenvalue weighted by Gasteiger charge is -2.17. The molecule has 1 heterocycles. The van der Waals surface area contributed by atoms with E-state index in [2.05, 4.69) is 43.0 Å². The first kappa shape index (κ1) is 11.6. The lowest BCUT2D eigenvalue weighted by molar-refractivity contribution is 0.308. The molecule has 1 fully saturated rings. The molecule has 1 aromatic rings. The van der Waals surface area contributed by atoms with Gasteiger partial charge < -0.3 is 5.73 Å². The van der Waals surface area contributed by atoms with Gasteiger partial charge in [-0.25, -0.2) is 0 Å². The van der Waals surface area contributed by atoms with E-state index in [0.717, 1.165) is 13.1 Å². The Hall–Kier alpha value is -0.860. The van der Waals surface area contributed by atoms with E-state index in [-0.39, 0.29) is 0 Å². The van der Waals surface area contributed by atoms with Crippen molar-refractivity contribution in [2.75, 3.05) is 13.1 Å². The van der Waals surface area contributed by atoms with Gasteiger partial charge in [0.15, 0.2) is 0 Å². The lowest BCUT2D eigenvalue weighted by Crippen LogP contribution is -2.29. The molecule has 2 N–H and O–H groups in total. The van der Waals surface area contributed by atoms with E-state index in [9.17, 15) is 0 Å². The molecule has 88 valence electrons. The molecular formula is C14H22N2. The fourth-order valence-electron chi connectivity index (χ4n) is 2.39. The number of benzene rings is 1. The Bertz CT molecular complexity index is 329. The maximum absolute atomic E-state index is 5.95. The van der Waals surface area contributed by atoms with Crippen LogP contribution in [-0.2, 0) is 6.54 Å². The van der Waals surface area contributed by atoms with Crippen LogP contribution < -0.4 is 5.73 Å². The SMILES string of the molecule is Cc1ccc(CN2CCC(C(C)N)C2)cc1. The molecule has 0 aromatic heterocycles. The van der Waals surface area contributed by atoms with E-state index >= 15 is 0 Å². The van der Waals surface area contributed by atoms with E-state index in [4.69, 9.17) is 5.73 Å². The first-order valence-corrected chi connectivity index (χ1v) is 6.18. The average molecular weight is 218 g/mol. The summed E-state index contributed by atoms with van der Waals surface area (Å²) < 4.78 is 0. The number of rotatable bonds is 3. The van der Waals surface area contributed by atoms with Gasteiger partial charge in [-0.2, -0.15) is 0 Å². The first-order valence-electron chi connectivity index (χ1n) is 6.18. The first-order chi connectivity index (χ1) is 7.65. The molecule has 1 aliphatic rings. The third-order valence-corrected chi connectivity index (χ3v) is 3.58. The maximum Gasteiger partial charge on any atom is 0.0233 e. The van der Waals surface area contributed by atoms with Crippen LogP contribution in [0.2, 0.25) is 0 Å². The highest BCUT2D eigenvalue weighted by molar-refractivity contribution is 5.21. The number of nitrogens with two attached hydrogens (primary N) is 1. The van der Waals surface area contributed by atoms with E-state index in [0.29, 0.717) is 12.0 Å². The zero-order valence-electron chi connectivity index (χ0n) is 10.3. The van der Waals surface area contributed by atoms with Crippen LogP contribution in [0.1, 0.15) is 24.5 Å². The Labute approximate surface area is 98.4 Å². The van der Waals surface area contributed by atoms with Gasteiger partial charge in [0.05, 0.1) is 0 Å². The van der Waals surface area contributed by atoms with Crippen molar-refractivity contribution >= 4 is 0 Å². The molecule has 0 amide bonds. The fraction of sp³-hybridized carbons (Fsp3) is 0.571. The van der Waals surface area contributed by atoms with Gasteiger partial charge in [0.25, 0.3) is 0 Å². The van der Waals surface area contributed by atoms with E-state index in [1.165, 1.54) is 24.1 Å². The fourth-order valence-corrected chi connectivity index (χ4v) is 2.39. The lowest BCUT2D eigenvalue weighted by atomic mass is 10.0. The Morgan fingerprint density at radius 3 is 2.62 bits per heavy atom. The van der Waals surface area contributed by atoms with Crippen molar-refractivity contribution < 1.29 is 0 Å². The van der Waals surface area contributed by atoms with Crippen LogP contribution in [0.4, 0.5) is 0 Å². The molecule has 2 atom stereocenters. The van der Waals surface area contributed by atoms with E-state index < -0.39 is 0 Å². The van der Waals surface area contributed by atoms with Crippen LogP contribution in [0, 0.1) is 12.8 Å². The smallest absolute Gasteiger partial charge is 0.0233 e. The summed E-state index contributed by atoms with van der Waals surface area (Å²) in [6.07, 6.45) is 1.25. The maximum atomic E-state index is 5.95. The number of hydrogen-bond acceptors (Lipinski definition) is 2. The van der Waals surface area contributed by atoms with Crippen LogP contribution in [-0.4, -0.2) is 24.0 Å². The summed E-state index contributed by atoms with van der Waals surface area (Å²) in [6.45, 7) is 7.68. The number of nitrogens with zero attached hydrogens (tertiary/aromatic N) is 1. The summed E-state index contributed by atoms with van der Waals surface area (Å²) in [6, 6.07) is 9.18. The molecule has 2 nitrogen and oxygen atoms in total. The highest BCUT2D eigenvalue weighted by Crippen LogP contribution is 2.20. The van der Waals surface area contributed by atoms with Crippen molar-refractivity contribution in [3.8, 4) is 0 Å². The molecule has 1 aromatic carbocycles. The minimum atomic E-state index is 0.336. The molecule has 0 bridgehead atoms. The summed E-state index contributed by atoms with van der Waals surface area (Å²) in [7, 11) is 0. The Balaban J connectivity index is 1.89. The minimum absolute atomic E-state index is 0.336. The van der Waals surface area contributed by atoms with Crippen molar-refractivity contribution in [3.05, 3.63) is 35.4 Å². The largest absolute Gasteiger partial charge is 0.328 e. The van der Waals surface area contributed by atoms with Gasteiger partial charge in [0, 0.05) is 19.1 Å². The zero-order valence-corrected chi connectivity index (χ0v) is 10.3. The summed E-state index contributed by atoms with van der Waals surface area (Å²) in [5, 5.41) is 0. The molecule has 16 heavy (non-hydrogen) atoms. The summed E-state index contributed by atoms with van der Waals surface area (Å²) in [4.78, 5) is 2.51. The monoisotopic (exact) mass is 218 g/mol. The third kappa shape index (κ3) is 2.83. The Morgan fingerprint density at radius 2 is 2.06 bits per heavy atom. The Morgan fingerprint density at radius 1 is 1.38 bits per heavy atom. The van der Waals surface area contributed by atoms with Crippen molar-refractivity contribution in [2.24, 2.45) is 11.7 Å². The molecule has 2 heteroatoms. The van der Waals surface area contributed by atoms with Gasteiger partial charge in [-0.3, -0.25) is 4.90 Å². The molecule has 1 saturated heterocycles. The average Bonchev–Trinajstić information content (AvgIpc) is 2.70. The van der Waals surface area contributed by atoms with Crippen LogP contribution in [0.3, 0.4) is 0 Å². The second kappa shape index (κ2) is 4.98. The molecule has 0 spiro atoms. The van der Waals surface area contributed by atoms with Crippen molar-refractivity contribution in [2.45, 2.75) is 32.9 Å². The van der Waals surface area contributed by atoms with E-state index in [1.54, 1.807) is 0 Å². The van der Waals surface area contributed by atoms with Gasteiger partial charge >= 0.3 is 0 Å². The molecule has 0 aliphatic carbocycles. The standard InChI is InChI=1S/C14H22N2/c1-11-3-5-13(6-4-11)9-16-8-7-14(10-16)12(2)15/h3-6,12,14H,7-10,15H2,1-2H3. The number of likely N-dealkylation sites (tertiary alicyclic amines) is 1. The van der Waals surface area contributed by atoms with Crippen molar-refractivity contribution in [1.82, 2.24) is 4.90 Å².